The van der Waals surface area contributed by atoms with E-state index in [2.05, 4.69) is 21.8 Å². The Labute approximate surface area is 242 Å². The highest BCUT2D eigenvalue weighted by Crippen LogP contribution is 2.52. The van der Waals surface area contributed by atoms with E-state index in [1.54, 1.807) is 22.7 Å². The second kappa shape index (κ2) is 10.1. The molecule has 0 radical (unpaired) electrons. The summed E-state index contributed by atoms with van der Waals surface area (Å²) in [6.45, 7) is 3.71. The molecule has 2 N–H and O–H groups in total. The SMILES string of the molecule is Cc1nsc(-c2cc3sc(-c4ccc(C5(C(=O)O)CC5)c(Cl)c4)cc3s2)c1NC(=O)OC(C)c1ccccc1. The average molecular weight is 595 g/mol. The minimum absolute atomic E-state index is 0.381. The van der Waals surface area contributed by atoms with Gasteiger partial charge in [-0.25, -0.2) is 4.79 Å². The number of thiophene rings is 2. The van der Waals surface area contributed by atoms with Crippen molar-refractivity contribution in [1.29, 1.82) is 0 Å². The number of carboxylic acid groups (broad SMARTS) is 1. The normalized spacial score (nSPS) is 14.7. The maximum atomic E-state index is 12.7. The lowest BCUT2D eigenvalue weighted by Gasteiger charge is -2.14. The number of halogens is 1. The van der Waals surface area contributed by atoms with Gasteiger partial charge in [0.2, 0.25) is 0 Å². The van der Waals surface area contributed by atoms with Gasteiger partial charge in [-0.1, -0.05) is 54.1 Å². The third-order valence-corrected chi connectivity index (χ3v) is 10.8. The van der Waals surface area contributed by atoms with Gasteiger partial charge in [-0.15, -0.1) is 22.7 Å². The first-order valence-electron chi connectivity index (χ1n) is 12.3. The van der Waals surface area contributed by atoms with E-state index in [1.807, 2.05) is 62.4 Å². The molecular formula is C29H23ClN2O4S3. The van der Waals surface area contributed by atoms with Gasteiger partial charge in [-0.3, -0.25) is 10.1 Å². The Morgan fingerprint density at radius 1 is 1.05 bits per heavy atom. The van der Waals surface area contributed by atoms with Crippen LogP contribution in [0.1, 0.15) is 42.7 Å². The number of aromatic nitrogens is 1. The lowest BCUT2D eigenvalue weighted by Crippen LogP contribution is -2.19. The molecule has 1 aliphatic carbocycles. The molecule has 0 bridgehead atoms. The van der Waals surface area contributed by atoms with Crippen molar-refractivity contribution in [2.75, 3.05) is 5.32 Å². The van der Waals surface area contributed by atoms with Gasteiger partial charge in [0.05, 0.1) is 26.6 Å². The van der Waals surface area contributed by atoms with Crippen LogP contribution in [0.4, 0.5) is 10.5 Å². The van der Waals surface area contributed by atoms with E-state index in [0.29, 0.717) is 29.1 Å². The van der Waals surface area contributed by atoms with Gasteiger partial charge in [0.15, 0.2) is 0 Å². The molecule has 6 nitrogen and oxygen atoms in total. The van der Waals surface area contributed by atoms with Crippen LogP contribution < -0.4 is 5.32 Å². The van der Waals surface area contributed by atoms with Gasteiger partial charge in [0, 0.05) is 19.3 Å². The molecule has 1 atom stereocenters. The predicted octanol–water partition coefficient (Wildman–Crippen LogP) is 9.14. The average Bonchev–Trinajstić information content (AvgIpc) is 3.31. The molecule has 0 saturated heterocycles. The fraction of sp³-hybridized carbons (Fsp3) is 0.207. The van der Waals surface area contributed by atoms with Crippen LogP contribution in [0.15, 0.2) is 60.7 Å². The zero-order valence-electron chi connectivity index (χ0n) is 21.0. The number of carbonyl (C=O) groups excluding carboxylic acids is 1. The molecule has 198 valence electrons. The van der Waals surface area contributed by atoms with Crippen molar-refractivity contribution in [3.63, 3.8) is 0 Å². The smallest absolute Gasteiger partial charge is 0.412 e. The number of aryl methyl sites for hydroxylation is 1. The third-order valence-electron chi connectivity index (χ3n) is 7.00. The fourth-order valence-corrected chi connectivity index (χ4v) is 8.33. The summed E-state index contributed by atoms with van der Waals surface area (Å²) >= 11 is 11.2. The van der Waals surface area contributed by atoms with E-state index in [0.717, 1.165) is 40.9 Å². The number of anilines is 1. The number of aliphatic carboxylic acids is 1. The van der Waals surface area contributed by atoms with Crippen molar-refractivity contribution in [3.05, 3.63) is 82.5 Å². The van der Waals surface area contributed by atoms with E-state index in [-0.39, 0.29) is 6.10 Å². The summed E-state index contributed by atoms with van der Waals surface area (Å²) in [5.74, 6) is -0.813. The molecule has 1 saturated carbocycles. The largest absolute Gasteiger partial charge is 0.481 e. The van der Waals surface area contributed by atoms with Crippen LogP contribution in [0.3, 0.4) is 0 Å². The molecule has 0 aliphatic heterocycles. The van der Waals surface area contributed by atoms with E-state index in [9.17, 15) is 14.7 Å². The first-order chi connectivity index (χ1) is 18.7. The zero-order chi connectivity index (χ0) is 27.3. The second-order valence-electron chi connectivity index (χ2n) is 9.59. The highest BCUT2D eigenvalue weighted by molar-refractivity contribution is 7.32. The van der Waals surface area contributed by atoms with Gasteiger partial charge in [0.25, 0.3) is 0 Å². The minimum atomic E-state index is -0.828. The number of carboxylic acids is 1. The summed E-state index contributed by atoms with van der Waals surface area (Å²) < 4.78 is 12.3. The molecule has 39 heavy (non-hydrogen) atoms. The van der Waals surface area contributed by atoms with Crippen LogP contribution in [0.2, 0.25) is 5.02 Å². The Morgan fingerprint density at radius 2 is 1.74 bits per heavy atom. The Kier molecular flexibility index (Phi) is 6.71. The summed E-state index contributed by atoms with van der Waals surface area (Å²) in [5.41, 5.74) is 3.15. The highest BCUT2D eigenvalue weighted by Gasteiger charge is 2.52. The summed E-state index contributed by atoms with van der Waals surface area (Å²) in [6.07, 6.45) is 0.342. The molecule has 1 fully saturated rings. The molecule has 1 amide bonds. The second-order valence-corrected chi connectivity index (χ2v) is 12.9. The van der Waals surface area contributed by atoms with Gasteiger partial charge in [0.1, 0.15) is 6.10 Å². The number of amides is 1. The van der Waals surface area contributed by atoms with Crippen molar-refractivity contribution in [1.82, 2.24) is 4.37 Å². The lowest BCUT2D eigenvalue weighted by atomic mass is 9.95. The maximum absolute atomic E-state index is 12.7. The van der Waals surface area contributed by atoms with E-state index < -0.39 is 17.5 Å². The predicted molar refractivity (Wildman–Crippen MR) is 160 cm³/mol. The Morgan fingerprint density at radius 3 is 2.41 bits per heavy atom. The van der Waals surface area contributed by atoms with Gasteiger partial charge in [-0.2, -0.15) is 4.37 Å². The van der Waals surface area contributed by atoms with Crippen molar-refractivity contribution < 1.29 is 19.4 Å². The first kappa shape index (κ1) is 26.0. The summed E-state index contributed by atoms with van der Waals surface area (Å²) in [5, 5.41) is 13.0. The van der Waals surface area contributed by atoms with Crippen LogP contribution in [0.5, 0.6) is 0 Å². The number of nitrogens with one attached hydrogen (secondary N) is 1. The summed E-state index contributed by atoms with van der Waals surface area (Å²) in [4.78, 5) is 27.4. The van der Waals surface area contributed by atoms with E-state index in [4.69, 9.17) is 16.3 Å². The highest BCUT2D eigenvalue weighted by atomic mass is 35.5. The molecule has 1 aliphatic rings. The zero-order valence-corrected chi connectivity index (χ0v) is 24.2. The van der Waals surface area contributed by atoms with Gasteiger partial charge in [-0.05, 0) is 73.1 Å². The van der Waals surface area contributed by atoms with Crippen LogP contribution in [-0.4, -0.2) is 21.5 Å². The number of hydrogen-bond acceptors (Lipinski definition) is 7. The molecule has 6 rings (SSSR count). The van der Waals surface area contributed by atoms with Crippen molar-refractivity contribution in [2.24, 2.45) is 0 Å². The van der Waals surface area contributed by atoms with Crippen molar-refractivity contribution in [2.45, 2.75) is 38.2 Å². The van der Waals surface area contributed by atoms with E-state index in [1.165, 1.54) is 11.5 Å². The molecule has 2 aromatic carbocycles. The van der Waals surface area contributed by atoms with E-state index >= 15 is 0 Å². The minimum Gasteiger partial charge on any atom is -0.481 e. The number of nitrogens with zero attached hydrogens (tertiary/aromatic N) is 1. The van der Waals surface area contributed by atoms with Crippen LogP contribution in [0, 0.1) is 6.92 Å². The molecule has 10 heteroatoms. The summed E-state index contributed by atoms with van der Waals surface area (Å²) in [7, 11) is 0. The topological polar surface area (TPSA) is 88.5 Å². The number of fused-ring (bicyclic) bond motifs is 1. The van der Waals surface area contributed by atoms with Crippen LogP contribution in [0.25, 0.3) is 29.6 Å². The van der Waals surface area contributed by atoms with Crippen molar-refractivity contribution >= 4 is 73.0 Å². The fourth-order valence-electron chi connectivity index (χ4n) is 4.64. The number of hydrogen-bond donors (Lipinski definition) is 2. The Hall–Kier alpha value is -3.24. The van der Waals surface area contributed by atoms with Crippen molar-refractivity contribution in [3.8, 4) is 20.2 Å². The monoisotopic (exact) mass is 594 g/mol. The molecular weight excluding hydrogens is 572 g/mol. The number of ether oxygens (including phenoxy) is 1. The van der Waals surface area contributed by atoms with Gasteiger partial charge < -0.3 is 9.84 Å². The first-order valence-corrected chi connectivity index (χ1v) is 15.1. The number of rotatable bonds is 7. The molecule has 3 aromatic heterocycles. The van der Waals surface area contributed by atoms with Crippen LogP contribution >= 0.6 is 45.8 Å². The maximum Gasteiger partial charge on any atom is 0.412 e. The standard InChI is InChI=1S/C29H23ClN2O4S3/c1-15-25(31-28(35)36-16(2)17-6-4-3-5-7-17)26(39-32-15)24-14-23-22(38-24)13-21(37-23)18-8-9-19(20(30)12-18)29(10-11-29)27(33)34/h3-9,12-14,16H,10-11H2,1-2H3,(H,31,35)(H,33,34). The number of carbonyl (C=O) groups is 2. The Balaban J connectivity index is 1.22. The molecule has 5 aromatic rings. The molecule has 3 heterocycles. The Bertz CT molecular complexity index is 1690. The van der Waals surface area contributed by atoms with Gasteiger partial charge >= 0.3 is 12.1 Å². The number of benzene rings is 2. The van der Waals surface area contributed by atoms with Crippen LogP contribution in [-0.2, 0) is 14.9 Å². The lowest BCUT2D eigenvalue weighted by molar-refractivity contribution is -0.140. The quantitative estimate of drug-likeness (QED) is 0.196. The molecule has 1 unspecified atom stereocenters. The molecule has 0 spiro atoms. The summed E-state index contributed by atoms with van der Waals surface area (Å²) in [6, 6.07) is 19.5. The third kappa shape index (κ3) is 4.84.